The maximum absolute atomic E-state index is 13.0. The minimum Gasteiger partial charge on any atom is -0.456 e. The van der Waals surface area contributed by atoms with Crippen LogP contribution in [-0.2, 0) is 20.9 Å². The highest BCUT2D eigenvalue weighted by molar-refractivity contribution is 8.26. The number of hydrogen-bond donors (Lipinski definition) is 2. The molecule has 2 aromatic carbocycles. The summed E-state index contributed by atoms with van der Waals surface area (Å²) in [7, 11) is 0. The molecule has 0 spiro atoms. The summed E-state index contributed by atoms with van der Waals surface area (Å²) in [4.78, 5) is 40.5. The number of rotatable bonds is 8. The van der Waals surface area contributed by atoms with Crippen LogP contribution in [0, 0.1) is 0 Å². The summed E-state index contributed by atoms with van der Waals surface area (Å²) in [6.07, 6.45) is 1.83. The van der Waals surface area contributed by atoms with Crippen LogP contribution < -0.4 is 5.32 Å². The first-order valence-electron chi connectivity index (χ1n) is 12.3. The third-order valence-electron chi connectivity index (χ3n) is 5.69. The number of nitrogens with one attached hydrogen (secondary N) is 1. The minimum absolute atomic E-state index is 0.0510. The molecular weight excluding hydrogens is 588 g/mol. The van der Waals surface area contributed by atoms with Gasteiger partial charge in [0.25, 0.3) is 5.91 Å². The molecule has 0 bridgehead atoms. The number of anilines is 1. The summed E-state index contributed by atoms with van der Waals surface area (Å²) in [5.74, 6) is -0.976. The molecule has 0 saturated carbocycles. The van der Waals surface area contributed by atoms with Crippen molar-refractivity contribution in [1.82, 2.24) is 4.90 Å². The fourth-order valence-corrected chi connectivity index (χ4v) is 6.20. The van der Waals surface area contributed by atoms with Crippen molar-refractivity contribution in [3.05, 3.63) is 79.8 Å². The van der Waals surface area contributed by atoms with Gasteiger partial charge in [-0.1, -0.05) is 41.6 Å². The number of carbonyl (C=O) groups excluding carboxylic acids is 3. The van der Waals surface area contributed by atoms with Gasteiger partial charge in [0, 0.05) is 28.6 Å². The number of esters is 1. The van der Waals surface area contributed by atoms with Crippen LogP contribution in [0.15, 0.2) is 58.8 Å². The van der Waals surface area contributed by atoms with Crippen molar-refractivity contribution in [3.63, 3.8) is 0 Å². The van der Waals surface area contributed by atoms with E-state index >= 15 is 0 Å². The molecule has 208 valence electrons. The fraction of sp³-hybridized carbons (Fsp3) is 0.241. The average Bonchev–Trinajstić information content (AvgIpc) is 3.46. The van der Waals surface area contributed by atoms with Crippen LogP contribution in [-0.4, -0.2) is 44.3 Å². The zero-order valence-corrected chi connectivity index (χ0v) is 25.2. The van der Waals surface area contributed by atoms with Gasteiger partial charge in [-0.25, -0.2) is 4.79 Å². The zero-order chi connectivity index (χ0) is 29.0. The number of halogens is 1. The van der Waals surface area contributed by atoms with E-state index in [1.54, 1.807) is 69.3 Å². The van der Waals surface area contributed by atoms with Gasteiger partial charge in [-0.15, -0.1) is 11.3 Å². The largest absolute Gasteiger partial charge is 0.456 e. The first-order valence-corrected chi connectivity index (χ1v) is 14.8. The predicted octanol–water partition coefficient (Wildman–Crippen LogP) is 6.75. The monoisotopic (exact) mass is 614 g/mol. The van der Waals surface area contributed by atoms with Crippen molar-refractivity contribution < 1.29 is 24.2 Å². The van der Waals surface area contributed by atoms with Crippen molar-refractivity contribution in [3.8, 4) is 11.1 Å². The van der Waals surface area contributed by atoms with Crippen LogP contribution in [0.5, 0.6) is 0 Å². The predicted molar refractivity (Wildman–Crippen MR) is 165 cm³/mol. The van der Waals surface area contributed by atoms with E-state index in [1.807, 2.05) is 11.4 Å². The van der Waals surface area contributed by atoms with Gasteiger partial charge in [0.1, 0.15) is 9.92 Å². The number of thioether (sulfide) groups is 1. The van der Waals surface area contributed by atoms with Crippen molar-refractivity contribution in [1.29, 1.82) is 0 Å². The van der Waals surface area contributed by atoms with Gasteiger partial charge < -0.3 is 15.2 Å². The van der Waals surface area contributed by atoms with E-state index in [0.29, 0.717) is 25.5 Å². The Morgan fingerprint density at radius 2 is 1.88 bits per heavy atom. The van der Waals surface area contributed by atoms with Crippen LogP contribution >= 0.6 is 46.9 Å². The summed E-state index contributed by atoms with van der Waals surface area (Å²) < 4.78 is 5.73. The molecule has 2 N–H and O–H groups in total. The lowest BCUT2D eigenvalue weighted by atomic mass is 10.0. The Labute approximate surface area is 251 Å². The number of amides is 2. The van der Waals surface area contributed by atoms with Crippen molar-refractivity contribution in [2.24, 2.45) is 0 Å². The summed E-state index contributed by atoms with van der Waals surface area (Å²) in [6, 6.07) is 13.7. The zero-order valence-electron chi connectivity index (χ0n) is 22.0. The maximum atomic E-state index is 13.0. The van der Waals surface area contributed by atoms with Gasteiger partial charge in [-0.05, 0) is 91.4 Å². The van der Waals surface area contributed by atoms with Gasteiger partial charge in [0.15, 0.2) is 0 Å². The standard InChI is InChI=1S/C29H27ClN2O5S3/c1-29(2,3)37-27(36)17-5-8-21(9-6-17)31-25(34)10-11-32-26(35)24(40-28(32)38)14-22-12-19(16-39-22)23-13-20(30)7-4-18(23)15-33/h4-9,12-14,16,33H,10-11,15H2,1-3H3,(H,31,34). The summed E-state index contributed by atoms with van der Waals surface area (Å²) in [6.45, 7) is 5.41. The summed E-state index contributed by atoms with van der Waals surface area (Å²) in [5.41, 5.74) is 2.81. The Balaban J connectivity index is 1.35. The molecular formula is C29H27ClN2O5S3. The number of thiocarbonyl (C=S) groups is 1. The molecule has 0 atom stereocenters. The van der Waals surface area contributed by atoms with E-state index in [9.17, 15) is 19.5 Å². The normalized spacial score (nSPS) is 14.6. The second kappa shape index (κ2) is 12.7. The maximum Gasteiger partial charge on any atom is 0.338 e. The molecule has 3 aromatic rings. The lowest BCUT2D eigenvalue weighted by Gasteiger charge is -2.19. The molecule has 2 heterocycles. The minimum atomic E-state index is -0.598. The number of nitrogens with zero attached hydrogens (tertiary/aromatic N) is 1. The number of aliphatic hydroxyl groups is 1. The first kappa shape index (κ1) is 30.0. The Hall–Kier alpha value is -3.02. The third kappa shape index (κ3) is 7.58. The molecule has 1 aliphatic rings. The Bertz CT molecular complexity index is 1490. The molecule has 7 nitrogen and oxygen atoms in total. The van der Waals surface area contributed by atoms with Crippen LogP contribution in [0.3, 0.4) is 0 Å². The van der Waals surface area contributed by atoms with Crippen molar-refractivity contribution in [2.75, 3.05) is 11.9 Å². The summed E-state index contributed by atoms with van der Waals surface area (Å²) >= 11 is 14.2. The first-order chi connectivity index (χ1) is 18.9. The summed E-state index contributed by atoms with van der Waals surface area (Å²) in [5, 5.41) is 15.0. The van der Waals surface area contributed by atoms with Crippen molar-refractivity contribution >= 4 is 80.8 Å². The van der Waals surface area contributed by atoms with Gasteiger partial charge in [0.05, 0.1) is 17.1 Å². The molecule has 2 amide bonds. The molecule has 1 saturated heterocycles. The number of aliphatic hydroxyl groups excluding tert-OH is 1. The SMILES string of the molecule is CC(C)(C)OC(=O)c1ccc(NC(=O)CCN2C(=O)C(=Cc3cc(-c4cc(Cl)ccc4CO)cs3)SC2=S)cc1. The lowest BCUT2D eigenvalue weighted by Crippen LogP contribution is -2.31. The number of ether oxygens (including phenoxy) is 1. The molecule has 4 rings (SSSR count). The fourth-order valence-electron chi connectivity index (χ4n) is 3.81. The molecule has 0 radical (unpaired) electrons. The average molecular weight is 615 g/mol. The molecule has 40 heavy (non-hydrogen) atoms. The van der Waals surface area contributed by atoms with Crippen LogP contribution in [0.2, 0.25) is 5.02 Å². The number of benzene rings is 2. The van der Waals surface area contributed by atoms with Gasteiger partial charge in [0.2, 0.25) is 5.91 Å². The molecule has 1 aromatic heterocycles. The molecule has 1 aliphatic heterocycles. The second-order valence-corrected chi connectivity index (χ2v) is 13.0. The van der Waals surface area contributed by atoms with Crippen molar-refractivity contribution in [2.45, 2.75) is 39.4 Å². The number of thiophene rings is 1. The molecule has 1 fully saturated rings. The number of hydrogen-bond acceptors (Lipinski definition) is 8. The van der Waals surface area contributed by atoms with E-state index in [1.165, 1.54) is 28.0 Å². The quantitative estimate of drug-likeness (QED) is 0.165. The second-order valence-electron chi connectivity index (χ2n) is 9.91. The van der Waals surface area contributed by atoms with E-state index in [0.717, 1.165) is 21.6 Å². The Morgan fingerprint density at radius 3 is 2.55 bits per heavy atom. The smallest absolute Gasteiger partial charge is 0.338 e. The molecule has 0 aliphatic carbocycles. The highest BCUT2D eigenvalue weighted by atomic mass is 35.5. The highest BCUT2D eigenvalue weighted by Crippen LogP contribution is 2.36. The Kier molecular flexibility index (Phi) is 9.48. The van der Waals surface area contributed by atoms with E-state index in [-0.39, 0.29) is 31.4 Å². The third-order valence-corrected chi connectivity index (χ3v) is 8.18. The molecule has 11 heteroatoms. The number of carbonyl (C=O) groups is 3. The van der Waals surface area contributed by atoms with Gasteiger partial charge >= 0.3 is 5.97 Å². The lowest BCUT2D eigenvalue weighted by molar-refractivity contribution is -0.122. The van der Waals surface area contributed by atoms with Gasteiger partial charge in [-0.3, -0.25) is 14.5 Å². The van der Waals surface area contributed by atoms with Gasteiger partial charge in [-0.2, -0.15) is 0 Å². The highest BCUT2D eigenvalue weighted by Gasteiger charge is 2.32. The topological polar surface area (TPSA) is 95.9 Å². The Morgan fingerprint density at radius 1 is 1.15 bits per heavy atom. The van der Waals surface area contributed by atoms with E-state index in [2.05, 4.69) is 5.32 Å². The van der Waals surface area contributed by atoms with E-state index < -0.39 is 11.6 Å². The van der Waals surface area contributed by atoms with Crippen LogP contribution in [0.1, 0.15) is 48.0 Å². The van der Waals surface area contributed by atoms with Crippen LogP contribution in [0.25, 0.3) is 17.2 Å². The van der Waals surface area contributed by atoms with Crippen LogP contribution in [0.4, 0.5) is 5.69 Å². The molecule has 0 unspecified atom stereocenters. The van der Waals surface area contributed by atoms with E-state index in [4.69, 9.17) is 28.6 Å².